The molecule has 0 bridgehead atoms. The average Bonchev–Trinajstić information content (AvgIpc) is 2.30. The number of nitrogens with zero attached hydrogens (tertiary/aromatic N) is 3. The van der Waals surface area contributed by atoms with E-state index in [0.717, 1.165) is 25.5 Å². The van der Waals surface area contributed by atoms with Crippen molar-refractivity contribution in [1.82, 2.24) is 15.3 Å². The predicted octanol–water partition coefficient (Wildman–Crippen LogP) is 0.744. The minimum atomic E-state index is -0.532. The number of rotatable bonds is 2. The second kappa shape index (κ2) is 4.53. The van der Waals surface area contributed by atoms with E-state index in [2.05, 4.69) is 27.1 Å². The number of anilines is 1. The van der Waals surface area contributed by atoms with Gasteiger partial charge in [0.2, 0.25) is 0 Å². The second-order valence-corrected chi connectivity index (χ2v) is 3.75. The van der Waals surface area contributed by atoms with Crippen molar-refractivity contribution in [3.05, 3.63) is 18.1 Å². The summed E-state index contributed by atoms with van der Waals surface area (Å²) in [6.45, 7) is 4.39. The lowest BCUT2D eigenvalue weighted by Gasteiger charge is -2.34. The fourth-order valence-corrected chi connectivity index (χ4v) is 1.80. The quantitative estimate of drug-likeness (QED) is 0.782. The molecule has 1 aromatic rings. The minimum Gasteiger partial charge on any atom is -0.351 e. The highest BCUT2D eigenvalue weighted by Gasteiger charge is 2.19. The lowest BCUT2D eigenvalue weighted by molar-refractivity contribution is 0.472. The zero-order valence-electron chi connectivity index (χ0n) is 8.78. The highest BCUT2D eigenvalue weighted by atomic mass is 19.1. The third-order valence-electron chi connectivity index (χ3n) is 2.64. The summed E-state index contributed by atoms with van der Waals surface area (Å²) < 4.78 is 12.4. The number of nitrogens with one attached hydrogen (secondary N) is 1. The van der Waals surface area contributed by atoms with Crippen molar-refractivity contribution in [2.75, 3.05) is 24.5 Å². The van der Waals surface area contributed by atoms with Gasteiger partial charge in [0.05, 0.1) is 5.69 Å². The third kappa shape index (κ3) is 2.23. The molecule has 0 aliphatic carbocycles. The maximum atomic E-state index is 12.4. The van der Waals surface area contributed by atoms with Gasteiger partial charge in [0.15, 0.2) is 0 Å². The van der Waals surface area contributed by atoms with E-state index in [-0.39, 0.29) is 0 Å². The van der Waals surface area contributed by atoms with E-state index in [1.807, 2.05) is 0 Å². The number of halogens is 1. The van der Waals surface area contributed by atoms with Crippen LogP contribution in [-0.4, -0.2) is 35.6 Å². The van der Waals surface area contributed by atoms with Crippen LogP contribution in [0.3, 0.4) is 0 Å². The molecule has 1 saturated heterocycles. The van der Waals surface area contributed by atoms with Crippen molar-refractivity contribution < 1.29 is 4.39 Å². The number of hydrogen-bond donors (Lipinski definition) is 1. The van der Waals surface area contributed by atoms with E-state index < -0.39 is 6.67 Å². The molecule has 5 heteroatoms. The molecule has 4 nitrogen and oxygen atoms in total. The van der Waals surface area contributed by atoms with Gasteiger partial charge in [-0.3, -0.25) is 0 Å². The van der Waals surface area contributed by atoms with Gasteiger partial charge in [-0.25, -0.2) is 14.4 Å². The highest BCUT2D eigenvalue weighted by Crippen LogP contribution is 2.15. The molecule has 0 radical (unpaired) electrons. The Kier molecular flexibility index (Phi) is 3.11. The lowest BCUT2D eigenvalue weighted by Crippen LogP contribution is -2.50. The zero-order valence-corrected chi connectivity index (χ0v) is 8.78. The van der Waals surface area contributed by atoms with Crippen LogP contribution in [0.1, 0.15) is 12.6 Å². The minimum absolute atomic E-state index is 0.390. The van der Waals surface area contributed by atoms with Gasteiger partial charge in [-0.1, -0.05) is 0 Å². The monoisotopic (exact) mass is 210 g/mol. The molecule has 2 rings (SSSR count). The molecule has 2 heterocycles. The molecular formula is C10H15FN4. The zero-order chi connectivity index (χ0) is 10.7. The van der Waals surface area contributed by atoms with E-state index in [1.54, 1.807) is 6.07 Å². The fourth-order valence-electron chi connectivity index (χ4n) is 1.80. The summed E-state index contributed by atoms with van der Waals surface area (Å²) in [6.07, 6.45) is 1.43. The molecule has 0 unspecified atom stereocenters. The van der Waals surface area contributed by atoms with Gasteiger partial charge in [-0.2, -0.15) is 0 Å². The largest absolute Gasteiger partial charge is 0.351 e. The van der Waals surface area contributed by atoms with Gasteiger partial charge in [0.1, 0.15) is 18.8 Å². The maximum absolute atomic E-state index is 12.4. The molecule has 15 heavy (non-hydrogen) atoms. The van der Waals surface area contributed by atoms with E-state index in [1.165, 1.54) is 6.33 Å². The highest BCUT2D eigenvalue weighted by molar-refractivity contribution is 5.40. The Balaban J connectivity index is 2.19. The predicted molar refractivity (Wildman–Crippen MR) is 56.5 cm³/mol. The Hall–Kier alpha value is -1.23. The van der Waals surface area contributed by atoms with Crippen LogP contribution in [0.5, 0.6) is 0 Å². The molecule has 0 aromatic carbocycles. The van der Waals surface area contributed by atoms with Crippen LogP contribution in [-0.2, 0) is 6.67 Å². The number of aromatic nitrogens is 2. The van der Waals surface area contributed by atoms with Crippen molar-refractivity contribution in [2.24, 2.45) is 0 Å². The topological polar surface area (TPSA) is 41.0 Å². The molecule has 1 aliphatic heterocycles. The molecule has 0 spiro atoms. The van der Waals surface area contributed by atoms with Crippen molar-refractivity contribution in [2.45, 2.75) is 19.6 Å². The first-order chi connectivity index (χ1) is 7.31. The summed E-state index contributed by atoms with van der Waals surface area (Å²) in [6, 6.07) is 2.11. The molecule has 1 fully saturated rings. The fraction of sp³-hybridized carbons (Fsp3) is 0.600. The van der Waals surface area contributed by atoms with Crippen molar-refractivity contribution >= 4 is 5.82 Å². The van der Waals surface area contributed by atoms with Crippen LogP contribution < -0.4 is 10.2 Å². The van der Waals surface area contributed by atoms with Crippen LogP contribution in [0.4, 0.5) is 10.2 Å². The van der Waals surface area contributed by atoms with Gasteiger partial charge in [0.25, 0.3) is 0 Å². The lowest BCUT2D eigenvalue weighted by atomic mass is 10.2. The normalized spacial score (nSPS) is 21.7. The van der Waals surface area contributed by atoms with E-state index >= 15 is 0 Å². The Morgan fingerprint density at radius 3 is 3.20 bits per heavy atom. The van der Waals surface area contributed by atoms with Gasteiger partial charge < -0.3 is 10.2 Å². The Morgan fingerprint density at radius 2 is 2.47 bits per heavy atom. The van der Waals surface area contributed by atoms with Crippen molar-refractivity contribution in [3.8, 4) is 0 Å². The first-order valence-electron chi connectivity index (χ1n) is 5.15. The number of alkyl halides is 1. The summed E-state index contributed by atoms with van der Waals surface area (Å²) >= 11 is 0. The van der Waals surface area contributed by atoms with Gasteiger partial charge in [0, 0.05) is 31.7 Å². The Bertz CT molecular complexity index is 331. The van der Waals surface area contributed by atoms with Crippen LogP contribution in [0.25, 0.3) is 0 Å². The molecular weight excluding hydrogens is 195 g/mol. The average molecular weight is 210 g/mol. The molecule has 1 aromatic heterocycles. The van der Waals surface area contributed by atoms with E-state index in [9.17, 15) is 4.39 Å². The molecule has 1 aliphatic rings. The van der Waals surface area contributed by atoms with E-state index in [4.69, 9.17) is 0 Å². The SMILES string of the molecule is C[C@H]1CNCCN1c1cc(CF)ncn1. The van der Waals surface area contributed by atoms with Gasteiger partial charge in [-0.05, 0) is 6.92 Å². The first kappa shape index (κ1) is 10.3. The summed E-state index contributed by atoms with van der Waals surface area (Å²) in [7, 11) is 0. The van der Waals surface area contributed by atoms with Crippen LogP contribution in [0.15, 0.2) is 12.4 Å². The third-order valence-corrected chi connectivity index (χ3v) is 2.64. The van der Waals surface area contributed by atoms with Crippen LogP contribution >= 0.6 is 0 Å². The van der Waals surface area contributed by atoms with E-state index in [0.29, 0.717) is 11.7 Å². The smallest absolute Gasteiger partial charge is 0.132 e. The molecule has 0 saturated carbocycles. The molecule has 1 atom stereocenters. The molecule has 1 N–H and O–H groups in total. The van der Waals surface area contributed by atoms with Gasteiger partial charge >= 0.3 is 0 Å². The summed E-state index contributed by atoms with van der Waals surface area (Å²) in [5.41, 5.74) is 0.450. The summed E-state index contributed by atoms with van der Waals surface area (Å²) in [4.78, 5) is 10.2. The second-order valence-electron chi connectivity index (χ2n) is 3.75. The van der Waals surface area contributed by atoms with Crippen LogP contribution in [0.2, 0.25) is 0 Å². The number of piperazine rings is 1. The van der Waals surface area contributed by atoms with Crippen LogP contribution in [0, 0.1) is 0 Å². The van der Waals surface area contributed by atoms with Crippen molar-refractivity contribution in [1.29, 1.82) is 0 Å². The first-order valence-corrected chi connectivity index (χ1v) is 5.15. The molecule has 0 amide bonds. The number of hydrogen-bond acceptors (Lipinski definition) is 4. The summed E-state index contributed by atoms with van der Waals surface area (Å²) in [5, 5.41) is 3.30. The summed E-state index contributed by atoms with van der Waals surface area (Å²) in [5.74, 6) is 0.826. The Morgan fingerprint density at radius 1 is 1.60 bits per heavy atom. The van der Waals surface area contributed by atoms with Crippen molar-refractivity contribution in [3.63, 3.8) is 0 Å². The standard InChI is InChI=1S/C10H15FN4/c1-8-6-12-2-3-15(8)10-4-9(5-11)13-7-14-10/h4,7-8,12H,2-3,5-6H2,1H3/t8-/m0/s1. The maximum Gasteiger partial charge on any atom is 0.132 e. The Labute approximate surface area is 88.5 Å². The van der Waals surface area contributed by atoms with Gasteiger partial charge in [-0.15, -0.1) is 0 Å². The molecule has 82 valence electrons.